The summed E-state index contributed by atoms with van der Waals surface area (Å²) in [6.45, 7) is 0.855. The number of carbonyl (C=O) groups excluding carboxylic acids is 2. The van der Waals surface area contributed by atoms with Crippen molar-refractivity contribution >= 4 is 17.5 Å². The fourth-order valence-electron chi connectivity index (χ4n) is 3.67. The molecule has 4 aromatic rings. The second kappa shape index (κ2) is 12.2. The Hall–Kier alpha value is -4.38. The van der Waals surface area contributed by atoms with E-state index < -0.39 is 0 Å². The van der Waals surface area contributed by atoms with Gasteiger partial charge in [0.05, 0.1) is 13.0 Å². The van der Waals surface area contributed by atoms with Crippen molar-refractivity contribution in [2.45, 2.75) is 19.5 Å². The molecule has 0 aromatic heterocycles. The molecule has 0 unspecified atom stereocenters. The van der Waals surface area contributed by atoms with Crippen molar-refractivity contribution in [2.75, 3.05) is 11.5 Å². The molecule has 0 atom stereocenters. The van der Waals surface area contributed by atoms with Gasteiger partial charge in [-0.15, -0.1) is 0 Å². The van der Waals surface area contributed by atoms with E-state index in [2.05, 4.69) is 5.32 Å². The number of rotatable bonds is 10. The van der Waals surface area contributed by atoms with E-state index >= 15 is 0 Å². The van der Waals surface area contributed by atoms with Crippen LogP contribution in [0.2, 0.25) is 0 Å². The Morgan fingerprint density at radius 1 is 0.657 bits per heavy atom. The normalized spacial score (nSPS) is 10.4. The van der Waals surface area contributed by atoms with Crippen LogP contribution >= 0.6 is 0 Å². The maximum Gasteiger partial charge on any atom is 0.265 e. The Balaban J connectivity index is 1.41. The summed E-state index contributed by atoms with van der Waals surface area (Å²) in [5.74, 6) is 0.457. The number of hydrogen-bond donors (Lipinski definition) is 1. The molecule has 0 radical (unpaired) electrons. The van der Waals surface area contributed by atoms with Gasteiger partial charge in [0, 0.05) is 12.2 Å². The Morgan fingerprint density at radius 3 is 1.86 bits per heavy atom. The molecule has 0 aliphatic rings. The predicted octanol–water partition coefficient (Wildman–Crippen LogP) is 5.16. The van der Waals surface area contributed by atoms with Gasteiger partial charge in [-0.2, -0.15) is 0 Å². The topological polar surface area (TPSA) is 58.6 Å². The summed E-state index contributed by atoms with van der Waals surface area (Å²) < 4.78 is 5.70. The monoisotopic (exact) mass is 464 g/mol. The number of anilines is 1. The molecule has 176 valence electrons. The molecule has 0 saturated carbocycles. The fourth-order valence-corrected chi connectivity index (χ4v) is 3.67. The average Bonchev–Trinajstić information content (AvgIpc) is 2.91. The minimum absolute atomic E-state index is 0.0462. The predicted molar refractivity (Wildman–Crippen MR) is 138 cm³/mol. The minimum atomic E-state index is -0.147. The number of para-hydroxylation sites is 1. The molecule has 0 saturated heterocycles. The van der Waals surface area contributed by atoms with Crippen molar-refractivity contribution in [2.24, 2.45) is 0 Å². The van der Waals surface area contributed by atoms with Gasteiger partial charge in [0.2, 0.25) is 5.91 Å². The van der Waals surface area contributed by atoms with Crippen LogP contribution in [0.1, 0.15) is 16.7 Å². The molecule has 2 amide bonds. The van der Waals surface area contributed by atoms with Gasteiger partial charge in [-0.25, -0.2) is 0 Å². The highest BCUT2D eigenvalue weighted by Crippen LogP contribution is 2.20. The first-order chi connectivity index (χ1) is 17.2. The second-order valence-corrected chi connectivity index (χ2v) is 8.17. The van der Waals surface area contributed by atoms with E-state index in [1.807, 2.05) is 115 Å². The third kappa shape index (κ3) is 7.30. The Bertz CT molecular complexity index is 1210. The Kier molecular flexibility index (Phi) is 8.28. The molecule has 0 spiro atoms. The SMILES string of the molecule is O=C(Cc1ccc(N(Cc2ccccc2)C(=O)COc2ccccc2)cc1)NCc1ccccc1. The smallest absolute Gasteiger partial charge is 0.265 e. The van der Waals surface area contributed by atoms with Crippen LogP contribution in [0.25, 0.3) is 0 Å². The van der Waals surface area contributed by atoms with Crippen LogP contribution < -0.4 is 15.0 Å². The Morgan fingerprint density at radius 2 is 1.23 bits per heavy atom. The van der Waals surface area contributed by atoms with E-state index in [1.54, 1.807) is 4.90 Å². The fraction of sp³-hybridized carbons (Fsp3) is 0.133. The molecule has 0 aliphatic heterocycles. The zero-order valence-electron chi connectivity index (χ0n) is 19.5. The second-order valence-electron chi connectivity index (χ2n) is 8.17. The molecule has 5 heteroatoms. The van der Waals surface area contributed by atoms with Gasteiger partial charge in [-0.05, 0) is 41.0 Å². The van der Waals surface area contributed by atoms with Crippen LogP contribution in [-0.2, 0) is 29.1 Å². The van der Waals surface area contributed by atoms with E-state index in [1.165, 1.54) is 0 Å². The molecule has 1 N–H and O–H groups in total. The number of benzene rings is 4. The zero-order chi connectivity index (χ0) is 24.3. The van der Waals surface area contributed by atoms with Crippen LogP contribution in [0.15, 0.2) is 115 Å². The first kappa shape index (κ1) is 23.8. The lowest BCUT2D eigenvalue weighted by atomic mass is 10.1. The lowest BCUT2D eigenvalue weighted by Gasteiger charge is -2.23. The molecular weight excluding hydrogens is 436 g/mol. The van der Waals surface area contributed by atoms with Crippen LogP contribution in [0.5, 0.6) is 5.75 Å². The number of amides is 2. The maximum atomic E-state index is 13.1. The third-order valence-electron chi connectivity index (χ3n) is 5.54. The summed E-state index contributed by atoms with van der Waals surface area (Å²) in [5, 5.41) is 2.95. The number of ether oxygens (including phenoxy) is 1. The highest BCUT2D eigenvalue weighted by atomic mass is 16.5. The van der Waals surface area contributed by atoms with Crippen LogP contribution in [-0.4, -0.2) is 18.4 Å². The molecule has 4 rings (SSSR count). The molecular formula is C30H28N2O3. The van der Waals surface area contributed by atoms with E-state index in [4.69, 9.17) is 4.74 Å². The molecule has 5 nitrogen and oxygen atoms in total. The van der Waals surface area contributed by atoms with Crippen molar-refractivity contribution in [3.05, 3.63) is 132 Å². The van der Waals surface area contributed by atoms with E-state index in [0.29, 0.717) is 18.8 Å². The van der Waals surface area contributed by atoms with Gasteiger partial charge in [-0.1, -0.05) is 91.0 Å². The molecule has 0 aliphatic carbocycles. The summed E-state index contributed by atoms with van der Waals surface area (Å²) in [7, 11) is 0. The molecule has 0 bridgehead atoms. The van der Waals surface area contributed by atoms with Crippen molar-refractivity contribution in [1.82, 2.24) is 5.32 Å². The summed E-state index contributed by atoms with van der Waals surface area (Å²) >= 11 is 0. The van der Waals surface area contributed by atoms with Gasteiger partial charge in [0.25, 0.3) is 5.91 Å². The zero-order valence-corrected chi connectivity index (χ0v) is 19.5. The van der Waals surface area contributed by atoms with Crippen molar-refractivity contribution < 1.29 is 14.3 Å². The highest BCUT2D eigenvalue weighted by molar-refractivity contribution is 5.94. The Labute approximate surface area is 206 Å². The molecule has 4 aromatic carbocycles. The first-order valence-electron chi connectivity index (χ1n) is 11.6. The largest absolute Gasteiger partial charge is 0.484 e. The number of hydrogen-bond acceptors (Lipinski definition) is 3. The van der Waals surface area contributed by atoms with Gasteiger partial charge >= 0.3 is 0 Å². The van der Waals surface area contributed by atoms with Gasteiger partial charge < -0.3 is 15.0 Å². The molecule has 0 fully saturated rings. The summed E-state index contributed by atoms with van der Waals surface area (Å²) in [6.07, 6.45) is 0.275. The molecule has 0 heterocycles. The summed E-state index contributed by atoms with van der Waals surface area (Å²) in [5.41, 5.74) is 3.71. The minimum Gasteiger partial charge on any atom is -0.484 e. The van der Waals surface area contributed by atoms with Crippen LogP contribution in [0, 0.1) is 0 Å². The van der Waals surface area contributed by atoms with Gasteiger partial charge in [0.1, 0.15) is 5.75 Å². The van der Waals surface area contributed by atoms with Gasteiger partial charge in [0.15, 0.2) is 6.61 Å². The van der Waals surface area contributed by atoms with E-state index in [0.717, 1.165) is 22.4 Å². The first-order valence-corrected chi connectivity index (χ1v) is 11.6. The number of nitrogens with zero attached hydrogens (tertiary/aromatic N) is 1. The lowest BCUT2D eigenvalue weighted by Crippen LogP contribution is -2.34. The maximum absolute atomic E-state index is 13.1. The highest BCUT2D eigenvalue weighted by Gasteiger charge is 2.17. The summed E-state index contributed by atoms with van der Waals surface area (Å²) in [6, 6.07) is 36.5. The quantitative estimate of drug-likeness (QED) is 0.353. The van der Waals surface area contributed by atoms with Crippen LogP contribution in [0.3, 0.4) is 0 Å². The van der Waals surface area contributed by atoms with Crippen molar-refractivity contribution in [1.29, 1.82) is 0 Å². The lowest BCUT2D eigenvalue weighted by molar-refractivity contribution is -0.121. The van der Waals surface area contributed by atoms with Crippen LogP contribution in [0.4, 0.5) is 5.69 Å². The van der Waals surface area contributed by atoms with Gasteiger partial charge in [-0.3, -0.25) is 9.59 Å². The summed E-state index contributed by atoms with van der Waals surface area (Å²) in [4.78, 5) is 27.2. The van der Waals surface area contributed by atoms with E-state index in [9.17, 15) is 9.59 Å². The van der Waals surface area contributed by atoms with E-state index in [-0.39, 0.29) is 24.8 Å². The van der Waals surface area contributed by atoms with Crippen molar-refractivity contribution in [3.63, 3.8) is 0 Å². The third-order valence-corrected chi connectivity index (χ3v) is 5.54. The number of nitrogens with one attached hydrogen (secondary N) is 1. The standard InChI is InChI=1S/C30H28N2O3/c33-29(31-21-25-10-4-1-5-11-25)20-24-16-18-27(19-17-24)32(22-26-12-6-2-7-13-26)30(34)23-35-28-14-8-3-9-15-28/h1-19H,20-23H2,(H,31,33). The van der Waals surface area contributed by atoms with Crippen molar-refractivity contribution in [3.8, 4) is 5.75 Å². The number of carbonyl (C=O) groups is 2. The average molecular weight is 465 g/mol. The molecule has 35 heavy (non-hydrogen) atoms.